The van der Waals surface area contributed by atoms with Crippen molar-refractivity contribution in [1.29, 1.82) is 0 Å². The standard InChI is InChI=1S/C28H30O10/c1-23-10-18-25(3)28-19(23)20(31)27(38-28,35-11-15(23)21(32)36-18)14-9-16(29)13-5-4-6-17(30)24(13,2)12(14)7-8-26(28,34)22(33)37-25/h4-6,12,14-16,18-19,29,34H,7-11H2,1-3H3/t12-,14+,15?,16-,18?,19-,23+,24?,25-,26-,27?,28-/m0/s1. The number of rotatable bonds is 0. The van der Waals surface area contributed by atoms with Gasteiger partial charge in [-0.2, -0.15) is 0 Å². The summed E-state index contributed by atoms with van der Waals surface area (Å²) in [6.07, 6.45) is 3.22. The molecule has 5 saturated heterocycles. The van der Waals surface area contributed by atoms with Crippen LogP contribution < -0.4 is 0 Å². The third-order valence-electron chi connectivity index (χ3n) is 12.0. The lowest BCUT2D eigenvalue weighted by Crippen LogP contribution is -2.79. The topological polar surface area (TPSA) is 146 Å². The van der Waals surface area contributed by atoms with Crippen LogP contribution in [0.3, 0.4) is 0 Å². The number of aliphatic hydroxyl groups excluding tert-OH is 1. The number of allylic oxidation sites excluding steroid dienone is 3. The van der Waals surface area contributed by atoms with Crippen LogP contribution in [0.5, 0.6) is 0 Å². The Labute approximate surface area is 218 Å². The zero-order valence-electron chi connectivity index (χ0n) is 21.4. The molecule has 0 amide bonds. The van der Waals surface area contributed by atoms with Crippen molar-refractivity contribution >= 4 is 23.5 Å². The SMILES string of the molecule is CC12C(=O)C=CC=C1[C@@H](O)C[C@@H]1[C@@H]2CC[C@]2(O)C(=O)O[C@@]3(C)C4C[C@]5(C)C(COC16O[C@@]32[C@H]5C6=O)C(=O)O4. The number of aliphatic hydroxyl groups is 2. The second-order valence-corrected chi connectivity index (χ2v) is 13.2. The van der Waals surface area contributed by atoms with Crippen LogP contribution in [0.4, 0.5) is 0 Å². The van der Waals surface area contributed by atoms with Crippen molar-refractivity contribution in [2.45, 2.75) is 81.3 Å². The molecule has 5 aliphatic heterocycles. The summed E-state index contributed by atoms with van der Waals surface area (Å²) in [5.41, 5.74) is -7.44. The number of esters is 2. The summed E-state index contributed by atoms with van der Waals surface area (Å²) in [4.78, 5) is 55.3. The predicted molar refractivity (Wildman–Crippen MR) is 124 cm³/mol. The first kappa shape index (κ1) is 23.5. The van der Waals surface area contributed by atoms with Gasteiger partial charge in [0.2, 0.25) is 5.79 Å². The summed E-state index contributed by atoms with van der Waals surface area (Å²) in [7, 11) is 0. The van der Waals surface area contributed by atoms with Crippen LogP contribution in [0.15, 0.2) is 23.8 Å². The molecule has 0 aromatic heterocycles. The smallest absolute Gasteiger partial charge is 0.342 e. The number of carbonyl (C=O) groups is 4. The van der Waals surface area contributed by atoms with Gasteiger partial charge in [-0.15, -0.1) is 0 Å². The number of hydrogen-bond donors (Lipinski definition) is 2. The Hall–Kier alpha value is -2.40. The van der Waals surface area contributed by atoms with Gasteiger partial charge in [0.25, 0.3) is 0 Å². The lowest BCUT2D eigenvalue weighted by atomic mass is 9.46. The molecule has 2 spiro atoms. The molecule has 12 atom stereocenters. The second kappa shape index (κ2) is 6.32. The van der Waals surface area contributed by atoms with E-state index in [1.165, 1.54) is 6.08 Å². The molecule has 2 N–H and O–H groups in total. The fraction of sp³-hybridized carbons (Fsp3) is 0.714. The molecule has 4 unspecified atom stereocenters. The van der Waals surface area contributed by atoms with Crippen LogP contribution in [0.25, 0.3) is 0 Å². The van der Waals surface area contributed by atoms with Gasteiger partial charge in [0, 0.05) is 5.92 Å². The Bertz CT molecular complexity index is 1330. The summed E-state index contributed by atoms with van der Waals surface area (Å²) in [6, 6.07) is 0. The number of fused-ring (bicyclic) bond motifs is 5. The third-order valence-corrected chi connectivity index (χ3v) is 12.0. The fourth-order valence-corrected chi connectivity index (χ4v) is 10.1. The van der Waals surface area contributed by atoms with Crippen LogP contribution in [0.1, 0.15) is 46.5 Å². The van der Waals surface area contributed by atoms with Gasteiger partial charge in [-0.3, -0.25) is 14.4 Å². The highest BCUT2D eigenvalue weighted by atomic mass is 16.8. The van der Waals surface area contributed by atoms with Gasteiger partial charge in [-0.1, -0.05) is 19.1 Å². The first-order valence-electron chi connectivity index (χ1n) is 13.5. The summed E-state index contributed by atoms with van der Waals surface area (Å²) in [5, 5.41) is 23.7. The van der Waals surface area contributed by atoms with E-state index in [0.29, 0.717) is 5.57 Å². The van der Waals surface area contributed by atoms with Crippen molar-refractivity contribution in [2.24, 2.45) is 34.5 Å². The molecule has 202 valence electrons. The summed E-state index contributed by atoms with van der Waals surface area (Å²) in [6.45, 7) is 4.98. The molecule has 10 nitrogen and oxygen atoms in total. The minimum atomic E-state index is -2.24. The van der Waals surface area contributed by atoms with Gasteiger partial charge in [0.05, 0.1) is 30.0 Å². The van der Waals surface area contributed by atoms with Crippen LogP contribution in [-0.2, 0) is 38.1 Å². The molecule has 5 bridgehead atoms. The van der Waals surface area contributed by atoms with Gasteiger partial charge in [-0.25, -0.2) is 4.79 Å². The molecule has 10 heteroatoms. The van der Waals surface area contributed by atoms with Gasteiger partial charge < -0.3 is 29.2 Å². The van der Waals surface area contributed by atoms with E-state index < -0.39 is 87.0 Å². The maximum absolute atomic E-state index is 14.9. The van der Waals surface area contributed by atoms with Crippen molar-refractivity contribution in [2.75, 3.05) is 6.61 Å². The second-order valence-electron chi connectivity index (χ2n) is 13.2. The highest BCUT2D eigenvalue weighted by Gasteiger charge is 2.93. The van der Waals surface area contributed by atoms with Gasteiger partial charge >= 0.3 is 11.9 Å². The molecule has 5 heterocycles. The number of ketones is 2. The van der Waals surface area contributed by atoms with Crippen molar-refractivity contribution in [3.8, 4) is 0 Å². The maximum Gasteiger partial charge on any atom is 0.342 e. The zero-order chi connectivity index (χ0) is 26.8. The highest BCUT2D eigenvalue weighted by molar-refractivity contribution is 6.01. The number of hydrogen-bond acceptors (Lipinski definition) is 10. The van der Waals surface area contributed by atoms with E-state index in [2.05, 4.69) is 0 Å². The van der Waals surface area contributed by atoms with E-state index in [9.17, 15) is 29.4 Å². The lowest BCUT2D eigenvalue weighted by molar-refractivity contribution is -0.376. The van der Waals surface area contributed by atoms with Crippen LogP contribution in [-0.4, -0.2) is 75.1 Å². The van der Waals surface area contributed by atoms with Crippen LogP contribution >= 0.6 is 0 Å². The molecule has 0 aromatic carbocycles. The molecule has 7 fully saturated rings. The maximum atomic E-state index is 14.9. The molecule has 38 heavy (non-hydrogen) atoms. The molecule has 0 radical (unpaired) electrons. The molecular weight excluding hydrogens is 496 g/mol. The Morgan fingerprint density at radius 1 is 1.08 bits per heavy atom. The summed E-state index contributed by atoms with van der Waals surface area (Å²) in [5.74, 6) is -7.45. The highest BCUT2D eigenvalue weighted by Crippen LogP contribution is 2.75. The fourth-order valence-electron chi connectivity index (χ4n) is 10.1. The molecule has 0 aromatic rings. The number of ether oxygens (including phenoxy) is 4. The van der Waals surface area contributed by atoms with E-state index in [1.807, 2.05) is 6.92 Å². The Kier molecular flexibility index (Phi) is 3.91. The summed E-state index contributed by atoms with van der Waals surface area (Å²) < 4.78 is 25.0. The van der Waals surface area contributed by atoms with E-state index >= 15 is 0 Å². The van der Waals surface area contributed by atoms with Gasteiger partial charge in [0.15, 0.2) is 28.4 Å². The number of Topliss-reactive ketones (excluding diaryl/α,β-unsaturated/α-hetero) is 1. The Morgan fingerprint density at radius 2 is 1.84 bits per heavy atom. The van der Waals surface area contributed by atoms with Crippen LogP contribution in [0.2, 0.25) is 0 Å². The van der Waals surface area contributed by atoms with E-state index in [4.69, 9.17) is 18.9 Å². The molecule has 2 saturated carbocycles. The van der Waals surface area contributed by atoms with Crippen molar-refractivity contribution in [3.63, 3.8) is 0 Å². The van der Waals surface area contributed by atoms with Gasteiger partial charge in [0.1, 0.15) is 6.10 Å². The zero-order valence-corrected chi connectivity index (χ0v) is 21.4. The minimum absolute atomic E-state index is 0.0843. The number of carbonyl (C=O) groups excluding carboxylic acids is 4. The Balaban J connectivity index is 1.43. The van der Waals surface area contributed by atoms with E-state index in [0.717, 1.165) is 0 Å². The van der Waals surface area contributed by atoms with Gasteiger partial charge in [-0.05, 0) is 62.5 Å². The van der Waals surface area contributed by atoms with Crippen molar-refractivity contribution < 1.29 is 48.3 Å². The molecular formula is C28H30O10. The molecule has 8 aliphatic rings. The largest absolute Gasteiger partial charge is 0.458 e. The minimum Gasteiger partial charge on any atom is -0.458 e. The summed E-state index contributed by atoms with van der Waals surface area (Å²) >= 11 is 0. The quantitative estimate of drug-likeness (QED) is 0.429. The monoisotopic (exact) mass is 526 g/mol. The average molecular weight is 527 g/mol. The Morgan fingerprint density at radius 3 is 2.61 bits per heavy atom. The van der Waals surface area contributed by atoms with E-state index in [-0.39, 0.29) is 38.1 Å². The van der Waals surface area contributed by atoms with Crippen molar-refractivity contribution in [1.82, 2.24) is 0 Å². The average Bonchev–Trinajstić information content (AvgIpc) is 3.17. The normalized spacial score (nSPS) is 59.2. The predicted octanol–water partition coefficient (Wildman–Crippen LogP) is 0.528. The third kappa shape index (κ3) is 2.00. The van der Waals surface area contributed by atoms with Crippen LogP contribution in [0, 0.1) is 34.5 Å². The first-order valence-corrected chi connectivity index (χ1v) is 13.5. The van der Waals surface area contributed by atoms with Crippen molar-refractivity contribution in [3.05, 3.63) is 23.8 Å². The van der Waals surface area contributed by atoms with E-state index in [1.54, 1.807) is 26.0 Å². The molecule has 8 rings (SSSR count). The lowest BCUT2D eigenvalue weighted by Gasteiger charge is -2.63. The first-order chi connectivity index (χ1) is 17.8. The molecule has 3 aliphatic carbocycles.